The molecule has 3 rings (SSSR count). The van der Waals surface area contributed by atoms with Gasteiger partial charge >= 0.3 is 5.97 Å². The number of hydrogen-bond donors (Lipinski definition) is 5. The van der Waals surface area contributed by atoms with Gasteiger partial charge in [0.2, 0.25) is 11.8 Å². The summed E-state index contributed by atoms with van der Waals surface area (Å²) < 4.78 is 32.3. The lowest BCUT2D eigenvalue weighted by Gasteiger charge is -2.26. The Kier molecular flexibility index (Phi) is 9.50. The summed E-state index contributed by atoms with van der Waals surface area (Å²) in [4.78, 5) is 64.7. The van der Waals surface area contributed by atoms with Crippen molar-refractivity contribution in [3.63, 3.8) is 0 Å². The second kappa shape index (κ2) is 12.6. The number of aromatic nitrogens is 1. The number of ether oxygens (including phenoxy) is 1. The van der Waals surface area contributed by atoms with Crippen molar-refractivity contribution in [2.75, 3.05) is 19.7 Å². The van der Waals surface area contributed by atoms with Crippen LogP contribution in [0.2, 0.25) is 0 Å². The zero-order chi connectivity index (χ0) is 28.0. The van der Waals surface area contributed by atoms with Crippen LogP contribution >= 0.6 is 0 Å². The minimum Gasteiger partial charge on any atom is -0.456 e. The summed E-state index contributed by atoms with van der Waals surface area (Å²) in [6.07, 6.45) is 1.19. The van der Waals surface area contributed by atoms with Gasteiger partial charge in [0, 0.05) is 23.9 Å². The highest BCUT2D eigenvalue weighted by Gasteiger charge is 2.31. The zero-order valence-electron chi connectivity index (χ0n) is 21.1. The molecule has 3 unspecified atom stereocenters. The maximum Gasteiger partial charge on any atom is 0.323 e. The number of esters is 1. The lowest BCUT2D eigenvalue weighted by molar-refractivity contribution is -0.151. The summed E-state index contributed by atoms with van der Waals surface area (Å²) >= 11 is 0. The van der Waals surface area contributed by atoms with Crippen LogP contribution in [0, 0.1) is 23.5 Å². The third-order valence-corrected chi connectivity index (χ3v) is 6.29. The van der Waals surface area contributed by atoms with Crippen molar-refractivity contribution in [1.29, 1.82) is 0 Å². The molecule has 1 aromatic carbocycles. The molecule has 3 amide bonds. The van der Waals surface area contributed by atoms with Crippen molar-refractivity contribution in [3.8, 4) is 0 Å². The molecule has 0 saturated carbocycles. The van der Waals surface area contributed by atoms with Crippen LogP contribution in [0.1, 0.15) is 43.6 Å². The summed E-state index contributed by atoms with van der Waals surface area (Å²) in [5, 5.41) is 7.67. The van der Waals surface area contributed by atoms with E-state index in [-0.39, 0.29) is 34.8 Å². The molecule has 6 N–H and O–H groups in total. The maximum atomic E-state index is 13.9. The van der Waals surface area contributed by atoms with Crippen LogP contribution in [0.25, 0.3) is 10.9 Å². The predicted molar refractivity (Wildman–Crippen MR) is 132 cm³/mol. The number of amides is 3. The van der Waals surface area contributed by atoms with E-state index in [0.717, 1.165) is 6.07 Å². The number of nitrogens with two attached hydrogens (primary N) is 1. The Bertz CT molecular complexity index is 1230. The third kappa shape index (κ3) is 7.34. The van der Waals surface area contributed by atoms with Crippen molar-refractivity contribution in [2.45, 2.75) is 45.2 Å². The van der Waals surface area contributed by atoms with Gasteiger partial charge in [0.15, 0.2) is 12.4 Å². The summed E-state index contributed by atoms with van der Waals surface area (Å²) in [6.45, 7) is 2.75. The number of fused-ring (bicyclic) bond motifs is 1. The Morgan fingerprint density at radius 2 is 1.92 bits per heavy atom. The number of rotatable bonds is 11. The van der Waals surface area contributed by atoms with Gasteiger partial charge in [-0.15, -0.1) is 0 Å². The smallest absolute Gasteiger partial charge is 0.323 e. The Balaban J connectivity index is 1.62. The molecule has 0 bridgehead atoms. The number of nitrogens with one attached hydrogen (secondary N) is 4. The number of aromatic amines is 1. The molecule has 1 aliphatic rings. The van der Waals surface area contributed by atoms with Crippen molar-refractivity contribution in [2.24, 2.45) is 17.6 Å². The molecular weight excluding hydrogens is 504 g/mol. The summed E-state index contributed by atoms with van der Waals surface area (Å²) in [5.41, 5.74) is 5.57. The number of H-pyrrole nitrogens is 1. The Labute approximate surface area is 217 Å². The van der Waals surface area contributed by atoms with Crippen molar-refractivity contribution >= 4 is 40.4 Å². The first-order chi connectivity index (χ1) is 18.0. The fourth-order valence-corrected chi connectivity index (χ4v) is 4.02. The van der Waals surface area contributed by atoms with E-state index in [1.807, 2.05) is 0 Å². The summed E-state index contributed by atoms with van der Waals surface area (Å²) in [6, 6.07) is 0.868. The summed E-state index contributed by atoms with van der Waals surface area (Å²) in [7, 11) is 0. The van der Waals surface area contributed by atoms with Crippen LogP contribution < -0.4 is 21.7 Å². The molecule has 1 fully saturated rings. The second-order valence-electron chi connectivity index (χ2n) is 9.55. The first kappa shape index (κ1) is 28.7. The topological polar surface area (TPSA) is 172 Å². The van der Waals surface area contributed by atoms with Crippen LogP contribution in [0.4, 0.5) is 8.78 Å². The van der Waals surface area contributed by atoms with E-state index < -0.39 is 66.4 Å². The van der Waals surface area contributed by atoms with Crippen LogP contribution in [-0.4, -0.2) is 66.2 Å². The monoisotopic (exact) mass is 535 g/mol. The molecule has 13 heteroatoms. The van der Waals surface area contributed by atoms with Gasteiger partial charge in [0.05, 0.1) is 18.1 Å². The molecular formula is C25H31F2N5O6. The number of hydrogen-bond acceptors (Lipinski definition) is 7. The van der Waals surface area contributed by atoms with Crippen molar-refractivity contribution in [1.82, 2.24) is 20.9 Å². The predicted octanol–water partition coefficient (Wildman–Crippen LogP) is 0.673. The van der Waals surface area contributed by atoms with Crippen molar-refractivity contribution in [3.05, 3.63) is 35.5 Å². The molecule has 2 aromatic rings. The minimum atomic E-state index is -1.17. The van der Waals surface area contributed by atoms with Crippen LogP contribution in [-0.2, 0) is 23.9 Å². The largest absolute Gasteiger partial charge is 0.456 e. The van der Waals surface area contributed by atoms with Gasteiger partial charge in [-0.25, -0.2) is 8.78 Å². The molecule has 3 atom stereocenters. The summed E-state index contributed by atoms with van der Waals surface area (Å²) in [5.74, 6) is -5.60. The highest BCUT2D eigenvalue weighted by atomic mass is 19.1. The first-order valence-electron chi connectivity index (χ1n) is 12.2. The number of ketones is 1. The molecule has 1 aromatic heterocycles. The average molecular weight is 536 g/mol. The number of piperidine rings is 1. The number of benzene rings is 1. The van der Waals surface area contributed by atoms with Crippen LogP contribution in [0.15, 0.2) is 18.2 Å². The highest BCUT2D eigenvalue weighted by molar-refractivity contribution is 6.00. The SMILES string of the molecule is CC(C)C(N)C(=O)OCC(=O)C(CC1CCCNC1=O)NC(=O)CNC(=O)c1cc2cc(F)cc(F)c2[nH]1. The highest BCUT2D eigenvalue weighted by Crippen LogP contribution is 2.21. The van der Waals surface area contributed by atoms with Gasteiger partial charge in [-0.05, 0) is 37.3 Å². The number of Topliss-reactive ketones (excluding diaryl/α,β-unsaturated/α-hetero) is 1. The van der Waals surface area contributed by atoms with E-state index in [1.54, 1.807) is 13.8 Å². The second-order valence-corrected chi connectivity index (χ2v) is 9.55. The van der Waals surface area contributed by atoms with Gasteiger partial charge < -0.3 is 31.4 Å². The molecule has 11 nitrogen and oxygen atoms in total. The Morgan fingerprint density at radius 1 is 1.18 bits per heavy atom. The van der Waals surface area contributed by atoms with E-state index in [0.29, 0.717) is 25.5 Å². The third-order valence-electron chi connectivity index (χ3n) is 6.29. The molecule has 1 saturated heterocycles. The minimum absolute atomic E-state index is 0.0228. The van der Waals surface area contributed by atoms with Gasteiger partial charge in [-0.3, -0.25) is 24.0 Å². The number of halogens is 2. The van der Waals surface area contributed by atoms with Crippen LogP contribution in [0.5, 0.6) is 0 Å². The van der Waals surface area contributed by atoms with Gasteiger partial charge in [0.1, 0.15) is 23.4 Å². The zero-order valence-corrected chi connectivity index (χ0v) is 21.1. The normalized spacial score (nSPS) is 17.0. The fourth-order valence-electron chi connectivity index (χ4n) is 4.02. The lowest BCUT2D eigenvalue weighted by atomic mass is 9.90. The molecule has 0 spiro atoms. The molecule has 0 aliphatic carbocycles. The van der Waals surface area contributed by atoms with E-state index in [2.05, 4.69) is 20.9 Å². The molecule has 0 radical (unpaired) electrons. The van der Waals surface area contributed by atoms with Crippen LogP contribution in [0.3, 0.4) is 0 Å². The van der Waals surface area contributed by atoms with E-state index in [4.69, 9.17) is 10.5 Å². The molecule has 206 valence electrons. The average Bonchev–Trinajstić information content (AvgIpc) is 3.30. The Morgan fingerprint density at radius 3 is 2.61 bits per heavy atom. The lowest BCUT2D eigenvalue weighted by Crippen LogP contribution is -2.50. The standard InChI is InChI=1S/C25H31F2N5O6/c1-12(2)21(28)25(37)38-11-19(33)17(7-13-4-3-5-29-23(13)35)31-20(34)10-30-24(36)18-8-14-6-15(26)9-16(27)22(14)32-18/h6,8-9,12-13,17,21,32H,3-5,7,10-11,28H2,1-2H3,(H,29,35)(H,30,36)(H,31,34). The number of carbonyl (C=O) groups is 5. The molecule has 1 aliphatic heterocycles. The van der Waals surface area contributed by atoms with Gasteiger partial charge in [-0.2, -0.15) is 0 Å². The van der Waals surface area contributed by atoms with Gasteiger partial charge in [-0.1, -0.05) is 13.8 Å². The van der Waals surface area contributed by atoms with E-state index in [9.17, 15) is 32.8 Å². The molecule has 2 heterocycles. The maximum absolute atomic E-state index is 13.9. The Hall–Kier alpha value is -3.87. The quantitative estimate of drug-likeness (QED) is 0.263. The number of carbonyl (C=O) groups excluding carboxylic acids is 5. The van der Waals surface area contributed by atoms with E-state index >= 15 is 0 Å². The van der Waals surface area contributed by atoms with Crippen molar-refractivity contribution < 1.29 is 37.5 Å². The fraction of sp³-hybridized carbons (Fsp3) is 0.480. The van der Waals surface area contributed by atoms with E-state index in [1.165, 1.54) is 6.07 Å². The molecule has 38 heavy (non-hydrogen) atoms. The van der Waals surface area contributed by atoms with Gasteiger partial charge in [0.25, 0.3) is 5.91 Å². The first-order valence-corrected chi connectivity index (χ1v) is 12.2.